The third kappa shape index (κ3) is 3.81. The van der Waals surface area contributed by atoms with Crippen LogP contribution in [0.5, 0.6) is 0 Å². The molecule has 2 N–H and O–H groups in total. The Labute approximate surface area is 96.6 Å². The van der Waals surface area contributed by atoms with Crippen LogP contribution >= 0.6 is 0 Å². The summed E-state index contributed by atoms with van der Waals surface area (Å²) in [4.78, 5) is 24.8. The van der Waals surface area contributed by atoms with Crippen LogP contribution in [0.25, 0.3) is 0 Å². The second-order valence-electron chi connectivity index (χ2n) is 4.76. The molecule has 2 amide bonds. The van der Waals surface area contributed by atoms with E-state index in [0.29, 0.717) is 19.6 Å². The molecule has 1 aliphatic rings. The summed E-state index contributed by atoms with van der Waals surface area (Å²) in [6.07, 6.45) is -0.0378. The van der Waals surface area contributed by atoms with Gasteiger partial charge in [0.05, 0.1) is 0 Å². The van der Waals surface area contributed by atoms with Crippen molar-refractivity contribution in [3.8, 4) is 0 Å². The lowest BCUT2D eigenvalue weighted by molar-refractivity contribution is -0.137. The van der Waals surface area contributed by atoms with E-state index < -0.39 is 0 Å². The van der Waals surface area contributed by atoms with Crippen molar-refractivity contribution in [3.63, 3.8) is 0 Å². The van der Waals surface area contributed by atoms with Crippen LogP contribution in [0.1, 0.15) is 27.2 Å². The molecule has 1 aliphatic heterocycles. The van der Waals surface area contributed by atoms with Crippen molar-refractivity contribution >= 4 is 11.8 Å². The van der Waals surface area contributed by atoms with E-state index in [1.807, 2.05) is 6.92 Å². The molecule has 1 saturated heterocycles. The molecule has 0 aromatic heterocycles. The molecule has 0 saturated carbocycles. The van der Waals surface area contributed by atoms with Crippen LogP contribution in [-0.4, -0.2) is 48.4 Å². The summed E-state index contributed by atoms with van der Waals surface area (Å²) >= 11 is 0. The first-order chi connectivity index (χ1) is 7.44. The average Bonchev–Trinajstić information content (AvgIpc) is 2.16. The fourth-order valence-electron chi connectivity index (χ4n) is 1.86. The van der Waals surface area contributed by atoms with Gasteiger partial charge in [-0.3, -0.25) is 9.59 Å². The molecule has 0 atom stereocenters. The maximum atomic E-state index is 11.8. The lowest BCUT2D eigenvalue weighted by Gasteiger charge is -2.39. The van der Waals surface area contributed by atoms with Gasteiger partial charge in [-0.05, 0) is 20.8 Å². The average molecular weight is 227 g/mol. The smallest absolute Gasteiger partial charge is 0.232 e. The zero-order valence-corrected chi connectivity index (χ0v) is 10.3. The second kappa shape index (κ2) is 5.30. The predicted octanol–water partition coefficient (Wildman–Crippen LogP) is -0.277. The number of carbonyl (C=O) groups is 2. The van der Waals surface area contributed by atoms with Crippen LogP contribution < -0.4 is 10.6 Å². The highest BCUT2D eigenvalue weighted by Gasteiger charge is 2.29. The minimum absolute atomic E-state index is 0.0378. The Morgan fingerprint density at radius 2 is 2.12 bits per heavy atom. The molecule has 0 aromatic rings. The van der Waals surface area contributed by atoms with Gasteiger partial charge >= 0.3 is 0 Å². The van der Waals surface area contributed by atoms with E-state index >= 15 is 0 Å². The van der Waals surface area contributed by atoms with E-state index in [4.69, 9.17) is 0 Å². The quantitative estimate of drug-likeness (QED) is 0.652. The Kier molecular flexibility index (Phi) is 4.29. The molecular weight excluding hydrogens is 206 g/mol. The molecule has 0 bridgehead atoms. The fourth-order valence-corrected chi connectivity index (χ4v) is 1.86. The van der Waals surface area contributed by atoms with Crippen molar-refractivity contribution in [2.24, 2.45) is 0 Å². The van der Waals surface area contributed by atoms with E-state index in [1.165, 1.54) is 0 Å². The van der Waals surface area contributed by atoms with Crippen LogP contribution in [0.3, 0.4) is 0 Å². The number of hydrogen-bond donors (Lipinski definition) is 2. The van der Waals surface area contributed by atoms with E-state index in [2.05, 4.69) is 24.5 Å². The van der Waals surface area contributed by atoms with Gasteiger partial charge in [0.25, 0.3) is 0 Å². The zero-order valence-electron chi connectivity index (χ0n) is 10.3. The van der Waals surface area contributed by atoms with Gasteiger partial charge in [-0.1, -0.05) is 0 Å². The number of nitrogens with zero attached hydrogens (tertiary/aromatic N) is 1. The summed E-state index contributed by atoms with van der Waals surface area (Å²) < 4.78 is 0. The predicted molar refractivity (Wildman–Crippen MR) is 62.0 cm³/mol. The largest absolute Gasteiger partial charge is 0.356 e. The van der Waals surface area contributed by atoms with E-state index in [0.717, 1.165) is 6.54 Å². The van der Waals surface area contributed by atoms with Crippen LogP contribution in [0.15, 0.2) is 0 Å². The fraction of sp³-hybridized carbons (Fsp3) is 0.818. The van der Waals surface area contributed by atoms with E-state index in [1.54, 1.807) is 4.90 Å². The lowest BCUT2D eigenvalue weighted by Crippen LogP contribution is -2.58. The molecule has 0 aliphatic carbocycles. The number of hydrogen-bond acceptors (Lipinski definition) is 3. The molecule has 5 nitrogen and oxygen atoms in total. The van der Waals surface area contributed by atoms with Crippen molar-refractivity contribution in [2.45, 2.75) is 32.7 Å². The molecule has 0 unspecified atom stereocenters. The highest BCUT2D eigenvalue weighted by atomic mass is 16.2. The highest BCUT2D eigenvalue weighted by Crippen LogP contribution is 2.10. The van der Waals surface area contributed by atoms with Crippen LogP contribution in [0.2, 0.25) is 0 Å². The first kappa shape index (κ1) is 13.0. The van der Waals surface area contributed by atoms with Gasteiger partial charge in [-0.2, -0.15) is 0 Å². The van der Waals surface area contributed by atoms with Crippen molar-refractivity contribution < 1.29 is 9.59 Å². The van der Waals surface area contributed by atoms with Crippen molar-refractivity contribution in [3.05, 3.63) is 0 Å². The summed E-state index contributed by atoms with van der Waals surface area (Å²) in [5.74, 6) is -0.274. The Morgan fingerprint density at radius 3 is 2.69 bits per heavy atom. The Bertz CT molecular complexity index is 276. The molecule has 92 valence electrons. The molecule has 1 heterocycles. The van der Waals surface area contributed by atoms with Crippen LogP contribution in [0.4, 0.5) is 0 Å². The van der Waals surface area contributed by atoms with Gasteiger partial charge in [0.2, 0.25) is 11.8 Å². The summed E-state index contributed by atoms with van der Waals surface area (Å²) in [6.45, 7) is 8.65. The van der Waals surface area contributed by atoms with Gasteiger partial charge in [-0.15, -0.1) is 0 Å². The summed E-state index contributed by atoms with van der Waals surface area (Å²) in [5, 5.41) is 5.96. The number of carbonyl (C=O) groups excluding carboxylic acids is 2. The summed E-state index contributed by atoms with van der Waals surface area (Å²) in [7, 11) is 0. The van der Waals surface area contributed by atoms with Crippen molar-refractivity contribution in [2.75, 3.05) is 26.2 Å². The third-order valence-electron chi connectivity index (χ3n) is 2.61. The minimum Gasteiger partial charge on any atom is -0.356 e. The molecule has 5 heteroatoms. The normalized spacial score (nSPS) is 19.3. The molecule has 0 spiro atoms. The van der Waals surface area contributed by atoms with Gasteiger partial charge < -0.3 is 15.5 Å². The zero-order chi connectivity index (χ0) is 12.2. The van der Waals surface area contributed by atoms with E-state index in [-0.39, 0.29) is 23.8 Å². The monoisotopic (exact) mass is 227 g/mol. The number of rotatable bonds is 3. The van der Waals surface area contributed by atoms with Gasteiger partial charge in [0.15, 0.2) is 0 Å². The first-order valence-corrected chi connectivity index (χ1v) is 5.74. The van der Waals surface area contributed by atoms with Gasteiger partial charge in [-0.25, -0.2) is 0 Å². The van der Waals surface area contributed by atoms with E-state index in [9.17, 15) is 9.59 Å². The number of piperazine rings is 1. The molecule has 16 heavy (non-hydrogen) atoms. The molecular formula is C11H21N3O2. The Hall–Kier alpha value is -1.10. The maximum absolute atomic E-state index is 11.8. The second-order valence-corrected chi connectivity index (χ2v) is 4.76. The highest BCUT2D eigenvalue weighted by molar-refractivity contribution is 5.96. The van der Waals surface area contributed by atoms with Crippen molar-refractivity contribution in [1.82, 2.24) is 15.5 Å². The molecule has 0 radical (unpaired) electrons. The van der Waals surface area contributed by atoms with Gasteiger partial charge in [0.1, 0.15) is 6.42 Å². The lowest BCUT2D eigenvalue weighted by atomic mass is 10.0. The summed E-state index contributed by atoms with van der Waals surface area (Å²) in [6, 6.07) is 0. The Balaban J connectivity index is 2.45. The minimum atomic E-state index is -0.191. The van der Waals surface area contributed by atoms with Crippen molar-refractivity contribution in [1.29, 1.82) is 0 Å². The number of nitrogens with one attached hydrogen (secondary N) is 2. The third-order valence-corrected chi connectivity index (χ3v) is 2.61. The first-order valence-electron chi connectivity index (χ1n) is 5.74. The Morgan fingerprint density at radius 1 is 1.44 bits per heavy atom. The molecule has 0 aromatic carbocycles. The molecule has 1 fully saturated rings. The topological polar surface area (TPSA) is 61.4 Å². The SMILES string of the molecule is CCNC(=O)CC(=O)N1CCNC(C)(C)C1. The summed E-state index contributed by atoms with van der Waals surface area (Å²) in [5.41, 5.74) is -0.0604. The van der Waals surface area contributed by atoms with Gasteiger partial charge in [0, 0.05) is 31.7 Å². The van der Waals surface area contributed by atoms with Crippen LogP contribution in [-0.2, 0) is 9.59 Å². The standard InChI is InChI=1S/C11H21N3O2/c1-4-12-9(15)7-10(16)14-6-5-13-11(2,3)8-14/h13H,4-8H2,1-3H3,(H,12,15). The maximum Gasteiger partial charge on any atom is 0.232 e. The van der Waals surface area contributed by atoms with Crippen LogP contribution in [0, 0.1) is 0 Å². The number of amides is 2. The molecule has 1 rings (SSSR count).